The third kappa shape index (κ3) is 4.02. The average Bonchev–Trinajstić information content (AvgIpc) is 3.43. The predicted octanol–water partition coefficient (Wildman–Crippen LogP) is 1.91. The number of aromatic nitrogens is 3. The Morgan fingerprint density at radius 2 is 2.14 bits per heavy atom. The molecule has 10 heteroatoms. The van der Waals surface area contributed by atoms with Crippen LogP contribution in [0.1, 0.15) is 12.8 Å². The van der Waals surface area contributed by atoms with Gasteiger partial charge in [0.15, 0.2) is 11.0 Å². The summed E-state index contributed by atoms with van der Waals surface area (Å²) >= 11 is 1.23. The maximum atomic E-state index is 13.3. The van der Waals surface area contributed by atoms with Crippen molar-refractivity contribution in [2.24, 2.45) is 0 Å². The van der Waals surface area contributed by atoms with Gasteiger partial charge in [0.05, 0.1) is 18.4 Å². The molecule has 3 heterocycles. The molecule has 1 atom stereocenters. The molecule has 0 radical (unpaired) electrons. The van der Waals surface area contributed by atoms with Crippen LogP contribution in [0.2, 0.25) is 0 Å². The minimum absolute atomic E-state index is 0.0506. The van der Waals surface area contributed by atoms with E-state index in [1.807, 2.05) is 4.57 Å². The molecule has 1 aromatic heterocycles. The van der Waals surface area contributed by atoms with E-state index in [2.05, 4.69) is 15.5 Å². The van der Waals surface area contributed by atoms with Crippen LogP contribution in [-0.2, 0) is 16.1 Å². The number of carbonyl (C=O) groups is 2. The van der Waals surface area contributed by atoms with E-state index in [9.17, 15) is 14.0 Å². The van der Waals surface area contributed by atoms with Gasteiger partial charge < -0.3 is 10.1 Å². The molecule has 148 valence electrons. The summed E-state index contributed by atoms with van der Waals surface area (Å²) in [6, 6.07) is 5.70. The number of benzene rings is 1. The summed E-state index contributed by atoms with van der Waals surface area (Å²) in [5.41, 5.74) is 0.740. The third-order valence-electron chi connectivity index (χ3n) is 4.71. The molecule has 1 N–H and O–H groups in total. The molecule has 0 unspecified atom stereocenters. The Balaban J connectivity index is 1.54. The van der Waals surface area contributed by atoms with Gasteiger partial charge in [-0.3, -0.25) is 14.3 Å². The van der Waals surface area contributed by atoms with Crippen molar-refractivity contribution in [3.8, 4) is 11.4 Å². The third-order valence-corrected chi connectivity index (χ3v) is 5.66. The van der Waals surface area contributed by atoms with Gasteiger partial charge >= 0.3 is 6.03 Å². The van der Waals surface area contributed by atoms with E-state index in [0.717, 1.165) is 25.0 Å². The first-order chi connectivity index (χ1) is 13.6. The van der Waals surface area contributed by atoms with Gasteiger partial charge in [0.2, 0.25) is 5.91 Å². The number of amides is 3. The number of hydrogen-bond acceptors (Lipinski definition) is 6. The highest BCUT2D eigenvalue weighted by atomic mass is 32.2. The van der Waals surface area contributed by atoms with Crippen molar-refractivity contribution in [1.29, 1.82) is 0 Å². The van der Waals surface area contributed by atoms with Crippen molar-refractivity contribution in [2.45, 2.75) is 30.6 Å². The van der Waals surface area contributed by atoms with Crippen molar-refractivity contribution >= 4 is 23.7 Å². The highest BCUT2D eigenvalue weighted by Crippen LogP contribution is 2.27. The zero-order valence-corrected chi connectivity index (χ0v) is 16.0. The quantitative estimate of drug-likeness (QED) is 0.739. The second-order valence-corrected chi connectivity index (χ2v) is 7.57. The highest BCUT2D eigenvalue weighted by Gasteiger charge is 2.27. The Bertz CT molecular complexity index is 867. The molecule has 4 rings (SSSR count). The number of nitrogens with one attached hydrogen (secondary N) is 1. The molecule has 8 nitrogen and oxygen atoms in total. The lowest BCUT2D eigenvalue weighted by molar-refractivity contribution is -0.124. The molecule has 0 spiro atoms. The number of ether oxygens (including phenoxy) is 1. The number of imide groups is 1. The zero-order chi connectivity index (χ0) is 19.5. The van der Waals surface area contributed by atoms with Gasteiger partial charge in [-0.2, -0.15) is 0 Å². The van der Waals surface area contributed by atoms with Crippen LogP contribution in [-0.4, -0.2) is 63.2 Å². The maximum Gasteiger partial charge on any atom is 0.324 e. The summed E-state index contributed by atoms with van der Waals surface area (Å²) < 4.78 is 20.9. The first kappa shape index (κ1) is 18.9. The largest absolute Gasteiger partial charge is 0.376 e. The van der Waals surface area contributed by atoms with E-state index in [4.69, 9.17) is 4.74 Å². The van der Waals surface area contributed by atoms with E-state index in [-0.39, 0.29) is 29.6 Å². The van der Waals surface area contributed by atoms with Crippen LogP contribution >= 0.6 is 11.8 Å². The topological polar surface area (TPSA) is 89.3 Å². The van der Waals surface area contributed by atoms with Gasteiger partial charge in [-0.05, 0) is 37.1 Å². The fourth-order valence-corrected chi connectivity index (χ4v) is 4.10. The number of thioether (sulfide) groups is 1. The smallest absolute Gasteiger partial charge is 0.324 e. The SMILES string of the molecule is O=C(CSc1nnc(-c2ccc(F)cc2)n1C[C@H]1CCCO1)N1CCNC1=O. The van der Waals surface area contributed by atoms with Gasteiger partial charge in [-0.15, -0.1) is 10.2 Å². The molecule has 2 fully saturated rings. The predicted molar refractivity (Wildman–Crippen MR) is 100 cm³/mol. The maximum absolute atomic E-state index is 13.3. The van der Waals surface area contributed by atoms with Crippen molar-refractivity contribution in [2.75, 3.05) is 25.4 Å². The molecule has 2 aliphatic rings. The van der Waals surface area contributed by atoms with Crippen LogP contribution < -0.4 is 5.32 Å². The zero-order valence-electron chi connectivity index (χ0n) is 15.1. The number of rotatable bonds is 6. The van der Waals surface area contributed by atoms with E-state index >= 15 is 0 Å². The standard InChI is InChI=1S/C18H20FN5O3S/c19-13-5-3-12(4-6-13)16-21-22-18(24(16)10-14-2-1-9-27-14)28-11-15(25)23-8-7-20-17(23)26/h3-6,14H,1-2,7-11H2,(H,20,26)/t14-/m1/s1. The van der Waals surface area contributed by atoms with Gasteiger partial charge in [0.25, 0.3) is 0 Å². The minimum atomic E-state index is -0.363. The number of urea groups is 1. The molecule has 28 heavy (non-hydrogen) atoms. The Morgan fingerprint density at radius 3 is 2.82 bits per heavy atom. The molecular weight excluding hydrogens is 385 g/mol. The van der Waals surface area contributed by atoms with Crippen molar-refractivity contribution in [1.82, 2.24) is 25.0 Å². The molecular formula is C18H20FN5O3S. The van der Waals surface area contributed by atoms with Crippen LogP contribution in [0.5, 0.6) is 0 Å². The van der Waals surface area contributed by atoms with Crippen molar-refractivity contribution < 1.29 is 18.7 Å². The lowest BCUT2D eigenvalue weighted by Gasteiger charge is -2.15. The number of hydrogen-bond donors (Lipinski definition) is 1. The van der Waals surface area contributed by atoms with Crippen LogP contribution in [0.25, 0.3) is 11.4 Å². The van der Waals surface area contributed by atoms with E-state index in [1.165, 1.54) is 28.8 Å². The van der Waals surface area contributed by atoms with E-state index in [1.54, 1.807) is 12.1 Å². The molecule has 0 saturated carbocycles. The molecule has 2 aliphatic heterocycles. The first-order valence-corrected chi connectivity index (χ1v) is 10.1. The van der Waals surface area contributed by atoms with Crippen molar-refractivity contribution in [3.05, 3.63) is 30.1 Å². The second-order valence-electron chi connectivity index (χ2n) is 6.62. The molecule has 1 aromatic carbocycles. The summed E-state index contributed by atoms with van der Waals surface area (Å²) in [7, 11) is 0. The van der Waals surface area contributed by atoms with Gasteiger partial charge in [-0.1, -0.05) is 11.8 Å². The Hall–Kier alpha value is -2.46. The minimum Gasteiger partial charge on any atom is -0.376 e. The molecule has 0 aliphatic carbocycles. The van der Waals surface area contributed by atoms with Gasteiger partial charge in [0, 0.05) is 25.3 Å². The monoisotopic (exact) mass is 405 g/mol. The van der Waals surface area contributed by atoms with E-state index in [0.29, 0.717) is 30.6 Å². The summed E-state index contributed by atoms with van der Waals surface area (Å²) in [6.07, 6.45) is 2.00. The summed E-state index contributed by atoms with van der Waals surface area (Å²) in [5, 5.41) is 11.7. The van der Waals surface area contributed by atoms with Crippen LogP contribution in [0, 0.1) is 5.82 Å². The van der Waals surface area contributed by atoms with Crippen LogP contribution in [0.3, 0.4) is 0 Å². The highest BCUT2D eigenvalue weighted by molar-refractivity contribution is 7.99. The molecule has 0 bridgehead atoms. The number of carbonyl (C=O) groups excluding carboxylic acids is 2. The Labute approximate surface area is 165 Å². The summed E-state index contributed by atoms with van der Waals surface area (Å²) in [4.78, 5) is 25.2. The lowest BCUT2D eigenvalue weighted by Crippen LogP contribution is -2.35. The second kappa shape index (κ2) is 8.27. The summed E-state index contributed by atoms with van der Waals surface area (Å²) in [5.74, 6) is 0.0953. The average molecular weight is 405 g/mol. The van der Waals surface area contributed by atoms with Gasteiger partial charge in [0.1, 0.15) is 5.82 Å². The van der Waals surface area contributed by atoms with E-state index < -0.39 is 0 Å². The fraction of sp³-hybridized carbons (Fsp3) is 0.444. The number of halogens is 1. The summed E-state index contributed by atoms with van der Waals surface area (Å²) in [6.45, 7) is 2.13. The van der Waals surface area contributed by atoms with Gasteiger partial charge in [-0.25, -0.2) is 9.18 Å². The normalized spacial score (nSPS) is 19.2. The number of nitrogens with zero attached hydrogens (tertiary/aromatic N) is 4. The first-order valence-electron chi connectivity index (χ1n) is 9.13. The van der Waals surface area contributed by atoms with Crippen molar-refractivity contribution in [3.63, 3.8) is 0 Å². The Morgan fingerprint density at radius 1 is 1.32 bits per heavy atom. The Kier molecular flexibility index (Phi) is 5.58. The lowest BCUT2D eigenvalue weighted by atomic mass is 10.2. The molecule has 3 amide bonds. The fourth-order valence-electron chi connectivity index (χ4n) is 3.28. The molecule has 2 aromatic rings. The molecule has 2 saturated heterocycles. The van der Waals surface area contributed by atoms with Crippen LogP contribution in [0.15, 0.2) is 29.4 Å². The van der Waals surface area contributed by atoms with Crippen LogP contribution in [0.4, 0.5) is 9.18 Å².